The van der Waals surface area contributed by atoms with Gasteiger partial charge < -0.3 is 10.1 Å². The van der Waals surface area contributed by atoms with Crippen molar-refractivity contribution in [3.63, 3.8) is 0 Å². The van der Waals surface area contributed by atoms with Gasteiger partial charge in [0.15, 0.2) is 0 Å². The smallest absolute Gasteiger partial charge is 0.259 e. The second-order valence-corrected chi connectivity index (χ2v) is 4.40. The molecule has 0 unspecified atom stereocenters. The number of hydrogen-bond acceptors (Lipinski definition) is 4. The summed E-state index contributed by atoms with van der Waals surface area (Å²) in [4.78, 5) is 11.6. The standard InChI is InChI=1S/C16H16FN3O2/c1-22-15-5-3-2-4-12(15)10-19-20-16(21)11-18-14-8-6-13(17)7-9-14/h2-10,18H,11H2,1H3,(H,20,21). The highest BCUT2D eigenvalue weighted by molar-refractivity contribution is 5.86. The van der Waals surface area contributed by atoms with Gasteiger partial charge in [0.25, 0.3) is 5.91 Å². The second-order valence-electron chi connectivity index (χ2n) is 4.40. The molecule has 0 aliphatic carbocycles. The SMILES string of the molecule is COc1ccccc1C=NNC(=O)CNc1ccc(F)cc1. The maximum atomic E-state index is 12.7. The molecule has 0 atom stereocenters. The van der Waals surface area contributed by atoms with E-state index in [-0.39, 0.29) is 18.3 Å². The molecule has 6 heteroatoms. The number of rotatable bonds is 6. The summed E-state index contributed by atoms with van der Waals surface area (Å²) in [5.74, 6) is 0.0387. The molecule has 0 heterocycles. The molecule has 2 N–H and O–H groups in total. The van der Waals surface area contributed by atoms with Crippen molar-refractivity contribution in [2.45, 2.75) is 0 Å². The summed E-state index contributed by atoms with van der Waals surface area (Å²) in [6, 6.07) is 13.1. The van der Waals surface area contributed by atoms with Crippen molar-refractivity contribution in [2.24, 2.45) is 5.10 Å². The lowest BCUT2D eigenvalue weighted by atomic mass is 10.2. The third kappa shape index (κ3) is 4.59. The monoisotopic (exact) mass is 301 g/mol. The van der Waals surface area contributed by atoms with Crippen molar-refractivity contribution < 1.29 is 13.9 Å². The van der Waals surface area contributed by atoms with Crippen LogP contribution in [-0.2, 0) is 4.79 Å². The minimum Gasteiger partial charge on any atom is -0.496 e. The lowest BCUT2D eigenvalue weighted by molar-refractivity contribution is -0.119. The van der Waals surface area contributed by atoms with E-state index in [1.165, 1.54) is 18.3 Å². The number of nitrogens with one attached hydrogen (secondary N) is 2. The van der Waals surface area contributed by atoms with Gasteiger partial charge in [0.05, 0.1) is 19.9 Å². The Morgan fingerprint density at radius 1 is 1.23 bits per heavy atom. The van der Waals surface area contributed by atoms with Gasteiger partial charge in [-0.3, -0.25) is 4.79 Å². The first-order valence-electron chi connectivity index (χ1n) is 6.63. The van der Waals surface area contributed by atoms with E-state index >= 15 is 0 Å². The van der Waals surface area contributed by atoms with Crippen LogP contribution in [0.4, 0.5) is 10.1 Å². The minimum absolute atomic E-state index is 0.0366. The Morgan fingerprint density at radius 3 is 2.68 bits per heavy atom. The maximum Gasteiger partial charge on any atom is 0.259 e. The Hall–Kier alpha value is -2.89. The average Bonchev–Trinajstić information content (AvgIpc) is 2.55. The summed E-state index contributed by atoms with van der Waals surface area (Å²) in [6.07, 6.45) is 1.51. The molecule has 0 saturated carbocycles. The van der Waals surface area contributed by atoms with Gasteiger partial charge in [-0.1, -0.05) is 12.1 Å². The highest BCUT2D eigenvalue weighted by Gasteiger charge is 2.01. The molecule has 0 saturated heterocycles. The molecule has 114 valence electrons. The van der Waals surface area contributed by atoms with Crippen LogP contribution in [0, 0.1) is 5.82 Å². The van der Waals surface area contributed by atoms with Gasteiger partial charge in [-0.2, -0.15) is 5.10 Å². The van der Waals surface area contributed by atoms with Gasteiger partial charge >= 0.3 is 0 Å². The maximum absolute atomic E-state index is 12.7. The lowest BCUT2D eigenvalue weighted by Gasteiger charge is -2.05. The van der Waals surface area contributed by atoms with E-state index < -0.39 is 0 Å². The van der Waals surface area contributed by atoms with E-state index in [9.17, 15) is 9.18 Å². The first kappa shape index (κ1) is 15.5. The fourth-order valence-electron chi connectivity index (χ4n) is 1.74. The molecule has 0 radical (unpaired) electrons. The molecule has 0 aliphatic rings. The van der Waals surface area contributed by atoms with Crippen LogP contribution in [0.2, 0.25) is 0 Å². The quantitative estimate of drug-likeness (QED) is 0.636. The normalized spacial score (nSPS) is 10.5. The molecule has 22 heavy (non-hydrogen) atoms. The van der Waals surface area contributed by atoms with Crippen LogP contribution in [0.5, 0.6) is 5.75 Å². The molecular weight excluding hydrogens is 285 g/mol. The zero-order valence-corrected chi connectivity index (χ0v) is 12.0. The van der Waals surface area contributed by atoms with Gasteiger partial charge in [0, 0.05) is 11.3 Å². The number of amides is 1. The van der Waals surface area contributed by atoms with Crippen molar-refractivity contribution in [3.8, 4) is 5.75 Å². The van der Waals surface area contributed by atoms with Gasteiger partial charge in [0.2, 0.25) is 0 Å². The fourth-order valence-corrected chi connectivity index (χ4v) is 1.74. The van der Waals surface area contributed by atoms with Crippen molar-refractivity contribution in [1.29, 1.82) is 0 Å². The number of carbonyl (C=O) groups is 1. The largest absolute Gasteiger partial charge is 0.496 e. The van der Waals surface area contributed by atoms with E-state index in [0.717, 1.165) is 5.56 Å². The van der Waals surface area contributed by atoms with Crippen molar-refractivity contribution in [1.82, 2.24) is 5.43 Å². The molecule has 0 bridgehead atoms. The fraction of sp³-hybridized carbons (Fsp3) is 0.125. The van der Waals surface area contributed by atoms with Gasteiger partial charge in [-0.25, -0.2) is 9.82 Å². The Morgan fingerprint density at radius 2 is 1.95 bits per heavy atom. The zero-order chi connectivity index (χ0) is 15.8. The summed E-state index contributed by atoms with van der Waals surface area (Å²) in [6.45, 7) is 0.0366. The molecule has 0 aromatic heterocycles. The van der Waals surface area contributed by atoms with Crippen molar-refractivity contribution in [2.75, 3.05) is 19.0 Å². The Labute approximate surface area is 127 Å². The number of anilines is 1. The molecule has 0 fully saturated rings. The van der Waals surface area contributed by atoms with Crippen LogP contribution < -0.4 is 15.5 Å². The van der Waals surface area contributed by atoms with E-state index in [1.54, 1.807) is 25.3 Å². The Bertz CT molecular complexity index is 657. The number of halogens is 1. The first-order chi connectivity index (χ1) is 10.7. The molecule has 0 aliphatic heterocycles. The molecule has 2 aromatic carbocycles. The molecule has 2 rings (SSSR count). The summed E-state index contributed by atoms with van der Waals surface area (Å²) in [5.41, 5.74) is 3.82. The highest BCUT2D eigenvalue weighted by Crippen LogP contribution is 2.14. The Balaban J connectivity index is 1.82. The predicted octanol–water partition coefficient (Wildman–Crippen LogP) is 2.40. The second kappa shape index (κ2) is 7.78. The number of nitrogens with zero attached hydrogens (tertiary/aromatic N) is 1. The van der Waals surface area contributed by atoms with Gasteiger partial charge in [-0.15, -0.1) is 0 Å². The summed E-state index contributed by atoms with van der Waals surface area (Å²) >= 11 is 0. The molecule has 2 aromatic rings. The van der Waals surface area contributed by atoms with E-state index in [0.29, 0.717) is 11.4 Å². The third-order valence-electron chi connectivity index (χ3n) is 2.83. The topological polar surface area (TPSA) is 62.7 Å². The first-order valence-corrected chi connectivity index (χ1v) is 6.63. The third-order valence-corrected chi connectivity index (χ3v) is 2.83. The van der Waals surface area contributed by atoms with Crippen LogP contribution in [0.25, 0.3) is 0 Å². The number of para-hydroxylation sites is 1. The van der Waals surface area contributed by atoms with Gasteiger partial charge in [-0.05, 0) is 36.4 Å². The number of carbonyl (C=O) groups excluding carboxylic acids is 1. The van der Waals surface area contributed by atoms with Crippen LogP contribution in [-0.4, -0.2) is 25.8 Å². The highest BCUT2D eigenvalue weighted by atomic mass is 19.1. The number of hydrogen-bond donors (Lipinski definition) is 2. The summed E-state index contributed by atoms with van der Waals surface area (Å²) < 4.78 is 17.9. The van der Waals surface area contributed by atoms with Crippen LogP contribution in [0.1, 0.15) is 5.56 Å². The molecule has 1 amide bonds. The van der Waals surface area contributed by atoms with E-state index in [1.807, 2.05) is 18.2 Å². The van der Waals surface area contributed by atoms with Crippen LogP contribution >= 0.6 is 0 Å². The van der Waals surface area contributed by atoms with E-state index in [4.69, 9.17) is 4.74 Å². The molecule has 5 nitrogen and oxygen atoms in total. The number of hydrazone groups is 1. The van der Waals surface area contributed by atoms with Crippen molar-refractivity contribution >= 4 is 17.8 Å². The van der Waals surface area contributed by atoms with Gasteiger partial charge in [0.1, 0.15) is 11.6 Å². The minimum atomic E-state index is -0.323. The number of benzene rings is 2. The lowest BCUT2D eigenvalue weighted by Crippen LogP contribution is -2.25. The van der Waals surface area contributed by atoms with Crippen LogP contribution in [0.15, 0.2) is 53.6 Å². The average molecular weight is 301 g/mol. The predicted molar refractivity (Wildman–Crippen MR) is 83.6 cm³/mol. The van der Waals surface area contributed by atoms with Crippen molar-refractivity contribution in [3.05, 3.63) is 59.9 Å². The Kier molecular flexibility index (Phi) is 5.48. The summed E-state index contributed by atoms with van der Waals surface area (Å²) in [7, 11) is 1.57. The number of methoxy groups -OCH3 is 1. The molecule has 0 spiro atoms. The zero-order valence-electron chi connectivity index (χ0n) is 12.0. The van der Waals surface area contributed by atoms with Crippen LogP contribution in [0.3, 0.4) is 0 Å². The summed E-state index contributed by atoms with van der Waals surface area (Å²) in [5, 5.41) is 6.74. The molecular formula is C16H16FN3O2. The van der Waals surface area contributed by atoms with E-state index in [2.05, 4.69) is 15.8 Å². The number of ether oxygens (including phenoxy) is 1.